The van der Waals surface area contributed by atoms with Crippen LogP contribution >= 0.6 is 10.8 Å². The molecular weight excluding hydrogens is 332 g/mol. The average Bonchev–Trinajstić information content (AvgIpc) is 2.46. The molecule has 1 unspecified atom stereocenters. The summed E-state index contributed by atoms with van der Waals surface area (Å²) in [6.45, 7) is 6.35. The second kappa shape index (κ2) is 6.97. The molecule has 126 valence electrons. The van der Waals surface area contributed by atoms with E-state index < -0.39 is 8.87 Å². The predicted molar refractivity (Wildman–Crippen MR) is 93.9 cm³/mol. The van der Waals surface area contributed by atoms with Gasteiger partial charge in [-0.3, -0.25) is 4.90 Å². The van der Waals surface area contributed by atoms with E-state index in [9.17, 15) is 13.2 Å². The van der Waals surface area contributed by atoms with Crippen LogP contribution in [0.5, 0.6) is 0 Å². The lowest BCUT2D eigenvalue weighted by Crippen LogP contribution is -2.43. The fraction of sp³-hybridized carbons (Fsp3) is 0.438. The zero-order valence-electron chi connectivity index (χ0n) is 13.7. The number of rotatable bonds is 3. The number of allylic oxidation sites excluding steroid dienone is 1. The molecular formula is C16H22N2O3S2. The minimum atomic E-state index is -3.39. The fourth-order valence-electron chi connectivity index (χ4n) is 2.40. The Labute approximate surface area is 141 Å². The Morgan fingerprint density at radius 2 is 1.91 bits per heavy atom. The van der Waals surface area contributed by atoms with Gasteiger partial charge in [0, 0.05) is 38.0 Å². The molecule has 7 heteroatoms. The third kappa shape index (κ3) is 4.29. The summed E-state index contributed by atoms with van der Waals surface area (Å²) in [5.74, 6) is 0. The van der Waals surface area contributed by atoms with Crippen LogP contribution in [0.25, 0.3) is 0 Å². The smallest absolute Gasteiger partial charge is 0.323 e. The zero-order valence-corrected chi connectivity index (χ0v) is 15.3. The Morgan fingerprint density at radius 3 is 2.43 bits per heavy atom. The Bertz CT molecular complexity index is 697. The van der Waals surface area contributed by atoms with Crippen molar-refractivity contribution < 1.29 is 13.2 Å². The second-order valence-corrected chi connectivity index (χ2v) is 10.0. The number of amides is 2. The highest BCUT2D eigenvalue weighted by molar-refractivity contribution is 8.72. The summed E-state index contributed by atoms with van der Waals surface area (Å²) >= 11 is 0. The highest BCUT2D eigenvalue weighted by atomic mass is 33.1. The van der Waals surface area contributed by atoms with Gasteiger partial charge in [0.2, 0.25) is 8.87 Å². The van der Waals surface area contributed by atoms with Crippen LogP contribution in [0, 0.1) is 6.92 Å². The van der Waals surface area contributed by atoms with E-state index in [1.54, 1.807) is 43.3 Å². The van der Waals surface area contributed by atoms with Gasteiger partial charge in [0.1, 0.15) is 0 Å². The molecule has 23 heavy (non-hydrogen) atoms. The van der Waals surface area contributed by atoms with Crippen molar-refractivity contribution in [3.05, 3.63) is 42.1 Å². The van der Waals surface area contributed by atoms with Crippen LogP contribution in [-0.2, 0) is 8.87 Å². The van der Waals surface area contributed by atoms with E-state index in [0.29, 0.717) is 30.0 Å². The monoisotopic (exact) mass is 354 g/mol. The minimum Gasteiger partial charge on any atom is -0.330 e. The van der Waals surface area contributed by atoms with Crippen LogP contribution in [0.15, 0.2) is 41.4 Å². The first kappa shape index (κ1) is 17.9. The Balaban J connectivity index is 2.04. The first-order valence-corrected chi connectivity index (χ1v) is 10.3. The Kier molecular flexibility index (Phi) is 5.41. The van der Waals surface area contributed by atoms with E-state index >= 15 is 0 Å². The molecule has 1 heterocycles. The van der Waals surface area contributed by atoms with Crippen molar-refractivity contribution in [2.75, 3.05) is 20.6 Å². The number of hydrogen-bond acceptors (Lipinski definition) is 4. The number of carbonyl (C=O) groups excluding carboxylic acids is 1. The lowest BCUT2D eigenvalue weighted by molar-refractivity contribution is 0.178. The van der Waals surface area contributed by atoms with Gasteiger partial charge >= 0.3 is 6.03 Å². The number of aryl methyl sites for hydroxylation is 1. The van der Waals surface area contributed by atoms with Crippen LogP contribution < -0.4 is 0 Å². The molecule has 0 aliphatic carbocycles. The van der Waals surface area contributed by atoms with Gasteiger partial charge < -0.3 is 4.90 Å². The molecule has 1 aliphatic rings. The van der Waals surface area contributed by atoms with Gasteiger partial charge in [-0.1, -0.05) is 24.3 Å². The van der Waals surface area contributed by atoms with Crippen molar-refractivity contribution in [2.45, 2.75) is 29.9 Å². The van der Waals surface area contributed by atoms with Crippen molar-refractivity contribution in [3.8, 4) is 0 Å². The van der Waals surface area contributed by atoms with Crippen molar-refractivity contribution in [1.29, 1.82) is 0 Å². The average molecular weight is 354 g/mol. The zero-order chi connectivity index (χ0) is 17.2. The summed E-state index contributed by atoms with van der Waals surface area (Å²) in [5, 5.41) is -0.0833. The minimum absolute atomic E-state index is 0.0833. The standard InChI is InChI=1S/C16H22N2O3S2/c1-12-5-7-15(8-6-12)23(20,21)22-14-9-10-18(13(2)11-14)16(19)17(3)4/h5-8,14H,2,9-11H2,1,3-4H3. The quantitative estimate of drug-likeness (QED) is 0.783. The molecule has 0 aromatic heterocycles. The van der Waals surface area contributed by atoms with Crippen molar-refractivity contribution in [2.24, 2.45) is 0 Å². The van der Waals surface area contributed by atoms with Gasteiger partial charge in [0.25, 0.3) is 0 Å². The highest BCUT2D eigenvalue weighted by Gasteiger charge is 2.30. The normalized spacial score (nSPS) is 18.8. The number of hydrogen-bond donors (Lipinski definition) is 0. The van der Waals surface area contributed by atoms with E-state index in [1.807, 2.05) is 6.92 Å². The lowest BCUT2D eigenvalue weighted by atomic mass is 10.1. The molecule has 1 aromatic rings. The largest absolute Gasteiger partial charge is 0.330 e. The molecule has 0 radical (unpaired) electrons. The highest BCUT2D eigenvalue weighted by Crippen LogP contribution is 2.35. The van der Waals surface area contributed by atoms with E-state index in [1.165, 1.54) is 4.90 Å². The van der Waals surface area contributed by atoms with Gasteiger partial charge in [-0.15, -0.1) is 0 Å². The number of carbonyl (C=O) groups is 1. The van der Waals surface area contributed by atoms with E-state index in [2.05, 4.69) is 6.58 Å². The molecule has 1 fully saturated rings. The summed E-state index contributed by atoms with van der Waals surface area (Å²) in [7, 11) is 0.961. The molecule has 0 spiro atoms. The maximum atomic E-state index is 12.5. The maximum absolute atomic E-state index is 12.5. The van der Waals surface area contributed by atoms with Crippen molar-refractivity contribution in [1.82, 2.24) is 9.80 Å². The molecule has 2 amide bonds. The molecule has 1 saturated heterocycles. The topological polar surface area (TPSA) is 57.7 Å². The molecule has 1 aliphatic heterocycles. The van der Waals surface area contributed by atoms with Crippen LogP contribution in [0.2, 0.25) is 0 Å². The van der Waals surface area contributed by atoms with Gasteiger partial charge in [-0.25, -0.2) is 13.2 Å². The molecule has 0 bridgehead atoms. The molecule has 0 saturated carbocycles. The SMILES string of the molecule is C=C1CC(SS(=O)(=O)c2ccc(C)cc2)CCN1C(=O)N(C)C. The number of benzene rings is 1. The summed E-state index contributed by atoms with van der Waals surface area (Å²) in [6, 6.07) is 6.75. The van der Waals surface area contributed by atoms with Gasteiger partial charge in [0.15, 0.2) is 0 Å². The molecule has 1 aromatic carbocycles. The fourth-order valence-corrected chi connectivity index (χ4v) is 6.04. The second-order valence-electron chi connectivity index (χ2n) is 5.87. The summed E-state index contributed by atoms with van der Waals surface area (Å²) in [6.07, 6.45) is 1.13. The molecule has 0 N–H and O–H groups in total. The lowest BCUT2D eigenvalue weighted by Gasteiger charge is -2.34. The summed E-state index contributed by atoms with van der Waals surface area (Å²) in [5.41, 5.74) is 1.70. The van der Waals surface area contributed by atoms with Crippen molar-refractivity contribution in [3.63, 3.8) is 0 Å². The number of piperidine rings is 1. The molecule has 1 atom stereocenters. The third-order valence-corrected chi connectivity index (χ3v) is 7.64. The molecule has 2 rings (SSSR count). The third-order valence-electron chi connectivity index (χ3n) is 3.71. The van der Waals surface area contributed by atoms with Gasteiger partial charge in [0.05, 0.1) is 4.90 Å². The van der Waals surface area contributed by atoms with Crippen LogP contribution in [0.4, 0.5) is 4.79 Å². The summed E-state index contributed by atoms with van der Waals surface area (Å²) < 4.78 is 25.0. The number of nitrogens with zero attached hydrogens (tertiary/aromatic N) is 2. The van der Waals surface area contributed by atoms with Crippen LogP contribution in [-0.4, -0.2) is 50.1 Å². The van der Waals surface area contributed by atoms with Crippen molar-refractivity contribution >= 4 is 25.7 Å². The van der Waals surface area contributed by atoms with E-state index in [-0.39, 0.29) is 11.3 Å². The van der Waals surface area contributed by atoms with Crippen LogP contribution in [0.3, 0.4) is 0 Å². The van der Waals surface area contributed by atoms with E-state index in [0.717, 1.165) is 16.4 Å². The first-order valence-electron chi connectivity index (χ1n) is 7.37. The number of urea groups is 1. The Morgan fingerprint density at radius 1 is 1.30 bits per heavy atom. The molecule has 5 nitrogen and oxygen atoms in total. The van der Waals surface area contributed by atoms with Gasteiger partial charge in [-0.05, 0) is 36.3 Å². The first-order chi connectivity index (χ1) is 10.7. The maximum Gasteiger partial charge on any atom is 0.323 e. The summed E-state index contributed by atoms with van der Waals surface area (Å²) in [4.78, 5) is 15.5. The van der Waals surface area contributed by atoms with Crippen LogP contribution in [0.1, 0.15) is 18.4 Å². The number of likely N-dealkylation sites (tertiary alicyclic amines) is 1. The predicted octanol–water partition coefficient (Wildman–Crippen LogP) is 3.08. The van der Waals surface area contributed by atoms with Gasteiger partial charge in [-0.2, -0.15) is 0 Å². The Hall–Kier alpha value is -1.47. The van der Waals surface area contributed by atoms with E-state index in [4.69, 9.17) is 0 Å².